The molecule has 118 valence electrons. The molecule has 23 heavy (non-hydrogen) atoms. The van der Waals surface area contributed by atoms with E-state index in [1.165, 1.54) is 24.9 Å². The van der Waals surface area contributed by atoms with E-state index in [1.807, 2.05) is 12.1 Å². The molecule has 2 atom stereocenters. The van der Waals surface area contributed by atoms with Crippen molar-refractivity contribution < 1.29 is 14.3 Å². The van der Waals surface area contributed by atoms with E-state index >= 15 is 0 Å². The number of rotatable bonds is 3. The Morgan fingerprint density at radius 3 is 2.83 bits per heavy atom. The van der Waals surface area contributed by atoms with Crippen molar-refractivity contribution in [2.45, 2.75) is 19.4 Å². The van der Waals surface area contributed by atoms with Crippen LogP contribution in [0, 0.1) is 5.92 Å². The lowest BCUT2D eigenvalue weighted by Gasteiger charge is -2.19. The average molecular weight is 310 g/mol. The van der Waals surface area contributed by atoms with E-state index in [0.29, 0.717) is 11.5 Å². The molecule has 0 aliphatic heterocycles. The quantitative estimate of drug-likeness (QED) is 0.885. The van der Waals surface area contributed by atoms with Gasteiger partial charge in [-0.1, -0.05) is 31.2 Å². The van der Waals surface area contributed by atoms with Gasteiger partial charge in [0.25, 0.3) is 5.91 Å². The lowest BCUT2D eigenvalue weighted by molar-refractivity contribution is 0.0594. The number of aromatic nitrogens is 1. The summed E-state index contributed by atoms with van der Waals surface area (Å²) >= 11 is 0. The average Bonchev–Trinajstić information content (AvgIpc) is 2.90. The van der Waals surface area contributed by atoms with E-state index in [9.17, 15) is 9.59 Å². The monoisotopic (exact) mass is 310 g/mol. The number of pyridine rings is 1. The van der Waals surface area contributed by atoms with Gasteiger partial charge in [0.15, 0.2) is 0 Å². The highest BCUT2D eigenvalue weighted by Crippen LogP contribution is 2.35. The number of amides is 1. The summed E-state index contributed by atoms with van der Waals surface area (Å²) in [6.45, 7) is 2.12. The highest BCUT2D eigenvalue weighted by molar-refractivity contribution is 5.97. The van der Waals surface area contributed by atoms with Gasteiger partial charge in [0.05, 0.1) is 13.2 Å². The normalized spacial score (nSPS) is 19.0. The summed E-state index contributed by atoms with van der Waals surface area (Å²) in [5.41, 5.74) is 2.96. The van der Waals surface area contributed by atoms with E-state index in [4.69, 9.17) is 0 Å². The van der Waals surface area contributed by atoms with Gasteiger partial charge in [-0.15, -0.1) is 0 Å². The van der Waals surface area contributed by atoms with Gasteiger partial charge in [-0.25, -0.2) is 9.78 Å². The minimum Gasteiger partial charge on any atom is -0.464 e. The van der Waals surface area contributed by atoms with Gasteiger partial charge in [-0.2, -0.15) is 0 Å². The zero-order valence-electron chi connectivity index (χ0n) is 13.1. The lowest BCUT2D eigenvalue weighted by atomic mass is 10.0. The smallest absolute Gasteiger partial charge is 0.356 e. The van der Waals surface area contributed by atoms with Gasteiger partial charge in [0, 0.05) is 11.8 Å². The Morgan fingerprint density at radius 2 is 2.04 bits per heavy atom. The molecule has 0 fully saturated rings. The van der Waals surface area contributed by atoms with Crippen LogP contribution in [0.4, 0.5) is 0 Å². The molecule has 1 heterocycles. The highest BCUT2D eigenvalue weighted by atomic mass is 16.5. The largest absolute Gasteiger partial charge is 0.464 e. The second kappa shape index (κ2) is 6.20. The minimum atomic E-state index is -0.556. The maximum absolute atomic E-state index is 12.5. The van der Waals surface area contributed by atoms with Crippen molar-refractivity contribution in [2.24, 2.45) is 5.92 Å². The molecule has 1 amide bonds. The lowest BCUT2D eigenvalue weighted by Crippen LogP contribution is -2.30. The molecule has 1 aromatic heterocycles. The van der Waals surface area contributed by atoms with Crippen molar-refractivity contribution in [1.29, 1.82) is 0 Å². The van der Waals surface area contributed by atoms with E-state index < -0.39 is 5.97 Å². The van der Waals surface area contributed by atoms with Crippen LogP contribution in [0.25, 0.3) is 0 Å². The minimum absolute atomic E-state index is 0.0200. The highest BCUT2D eigenvalue weighted by Gasteiger charge is 2.30. The van der Waals surface area contributed by atoms with Crippen LogP contribution < -0.4 is 5.32 Å². The third-order valence-electron chi connectivity index (χ3n) is 4.20. The van der Waals surface area contributed by atoms with Crippen LogP contribution in [0.3, 0.4) is 0 Å². The standard InChI is InChI=1S/C18H18N2O3/c1-11-9-12-5-3-4-6-14(12)16(11)20-17(21)13-7-8-19-15(10-13)18(22)23-2/h3-8,10-11,16H,9H2,1-2H3,(H,20,21)/t11-,16-/m0/s1. The summed E-state index contributed by atoms with van der Waals surface area (Å²) in [6, 6.07) is 11.2. The van der Waals surface area contributed by atoms with E-state index in [2.05, 4.69) is 34.1 Å². The third-order valence-corrected chi connectivity index (χ3v) is 4.20. The number of hydrogen-bond acceptors (Lipinski definition) is 4. The molecule has 0 saturated heterocycles. The second-order valence-corrected chi connectivity index (χ2v) is 5.75. The predicted molar refractivity (Wildman–Crippen MR) is 85.1 cm³/mol. The Morgan fingerprint density at radius 1 is 1.26 bits per heavy atom. The fourth-order valence-corrected chi connectivity index (χ4v) is 3.03. The van der Waals surface area contributed by atoms with E-state index in [0.717, 1.165) is 12.0 Å². The summed E-state index contributed by atoms with van der Waals surface area (Å²) in [6.07, 6.45) is 2.39. The van der Waals surface area contributed by atoms with Gasteiger partial charge in [-0.05, 0) is 35.6 Å². The number of carbonyl (C=O) groups is 2. The molecule has 2 aromatic rings. The molecule has 0 radical (unpaired) electrons. The van der Waals surface area contributed by atoms with Crippen molar-refractivity contribution >= 4 is 11.9 Å². The Hall–Kier alpha value is -2.69. The van der Waals surface area contributed by atoms with Gasteiger partial charge in [-0.3, -0.25) is 4.79 Å². The van der Waals surface area contributed by atoms with E-state index in [-0.39, 0.29) is 17.6 Å². The number of methoxy groups -OCH3 is 1. The van der Waals surface area contributed by atoms with Crippen molar-refractivity contribution in [3.63, 3.8) is 0 Å². The number of nitrogens with zero attached hydrogens (tertiary/aromatic N) is 1. The molecule has 0 spiro atoms. The van der Waals surface area contributed by atoms with Crippen LogP contribution in [-0.2, 0) is 11.2 Å². The fraction of sp³-hybridized carbons (Fsp3) is 0.278. The van der Waals surface area contributed by atoms with Crippen LogP contribution in [0.15, 0.2) is 42.6 Å². The molecule has 0 saturated carbocycles. The SMILES string of the molecule is COC(=O)c1cc(C(=O)N[C@@H]2c3ccccc3C[C@@H]2C)ccn1. The van der Waals surface area contributed by atoms with Crippen LogP contribution >= 0.6 is 0 Å². The molecule has 1 aliphatic carbocycles. The first kappa shape index (κ1) is 15.2. The maximum Gasteiger partial charge on any atom is 0.356 e. The number of hydrogen-bond donors (Lipinski definition) is 1. The Balaban J connectivity index is 1.81. The first-order chi connectivity index (χ1) is 11.1. The molecule has 5 heteroatoms. The van der Waals surface area contributed by atoms with Crippen LogP contribution in [0.5, 0.6) is 0 Å². The summed E-state index contributed by atoms with van der Waals surface area (Å²) < 4.78 is 4.63. The first-order valence-corrected chi connectivity index (χ1v) is 7.53. The molecular weight excluding hydrogens is 292 g/mol. The summed E-state index contributed by atoms with van der Waals surface area (Å²) in [7, 11) is 1.29. The molecule has 0 unspecified atom stereocenters. The molecule has 3 rings (SSSR count). The zero-order chi connectivity index (χ0) is 16.4. The predicted octanol–water partition coefficient (Wildman–Crippen LogP) is 2.53. The summed E-state index contributed by atoms with van der Waals surface area (Å²) in [4.78, 5) is 28.0. The summed E-state index contributed by atoms with van der Waals surface area (Å²) in [5.74, 6) is -0.441. The van der Waals surface area contributed by atoms with Crippen molar-refractivity contribution in [1.82, 2.24) is 10.3 Å². The zero-order valence-corrected chi connectivity index (χ0v) is 13.1. The number of nitrogens with one attached hydrogen (secondary N) is 1. The molecule has 1 N–H and O–H groups in total. The molecule has 0 bridgehead atoms. The van der Waals surface area contributed by atoms with Gasteiger partial charge >= 0.3 is 5.97 Å². The third kappa shape index (κ3) is 2.95. The maximum atomic E-state index is 12.5. The first-order valence-electron chi connectivity index (χ1n) is 7.53. The Bertz CT molecular complexity index is 757. The van der Waals surface area contributed by atoms with Gasteiger partial charge in [0.2, 0.25) is 0 Å². The van der Waals surface area contributed by atoms with Gasteiger partial charge < -0.3 is 10.1 Å². The van der Waals surface area contributed by atoms with Crippen molar-refractivity contribution in [3.8, 4) is 0 Å². The Labute approximate surface area is 134 Å². The van der Waals surface area contributed by atoms with Crippen molar-refractivity contribution in [2.75, 3.05) is 7.11 Å². The number of ether oxygens (including phenoxy) is 1. The molecule has 5 nitrogen and oxygen atoms in total. The molecule has 1 aromatic carbocycles. The number of fused-ring (bicyclic) bond motifs is 1. The second-order valence-electron chi connectivity index (χ2n) is 5.75. The topological polar surface area (TPSA) is 68.3 Å². The Kier molecular flexibility index (Phi) is 4.10. The van der Waals surface area contributed by atoms with E-state index in [1.54, 1.807) is 6.07 Å². The summed E-state index contributed by atoms with van der Waals surface area (Å²) in [5, 5.41) is 3.07. The molecule has 1 aliphatic rings. The van der Waals surface area contributed by atoms with Crippen LogP contribution in [-0.4, -0.2) is 24.0 Å². The number of benzene rings is 1. The number of carbonyl (C=O) groups excluding carboxylic acids is 2. The van der Waals surface area contributed by atoms with Gasteiger partial charge in [0.1, 0.15) is 5.69 Å². The van der Waals surface area contributed by atoms with Crippen LogP contribution in [0.1, 0.15) is 44.9 Å². The fourth-order valence-electron chi connectivity index (χ4n) is 3.03. The number of esters is 1. The van der Waals surface area contributed by atoms with Crippen molar-refractivity contribution in [3.05, 3.63) is 65.0 Å². The molecular formula is C18H18N2O3. The van der Waals surface area contributed by atoms with Crippen LogP contribution in [0.2, 0.25) is 0 Å².